The quantitative estimate of drug-likeness (QED) is 0.600. The molecule has 1 saturated carbocycles. The fraction of sp³-hybridized carbons (Fsp3) is 0.417. The summed E-state index contributed by atoms with van der Waals surface area (Å²) in [5, 5.41) is 6.58. The minimum absolute atomic E-state index is 0.0978. The third-order valence-corrected chi connectivity index (χ3v) is 5.99. The number of rotatable bonds is 8. The topological polar surface area (TPSA) is 53.6 Å². The van der Waals surface area contributed by atoms with Gasteiger partial charge in [0.1, 0.15) is 11.6 Å². The van der Waals surface area contributed by atoms with Gasteiger partial charge in [-0.25, -0.2) is 4.39 Å². The third-order valence-electron chi connectivity index (χ3n) is 5.61. The van der Waals surface area contributed by atoms with E-state index in [1.165, 1.54) is 31.4 Å². The number of carbonyl (C=O) groups excluding carboxylic acids is 1. The Hall–Kier alpha value is -2.67. The minimum atomic E-state index is -0.250. The van der Waals surface area contributed by atoms with Crippen LogP contribution in [0.2, 0.25) is 0 Å². The van der Waals surface area contributed by atoms with Crippen molar-refractivity contribution in [2.45, 2.75) is 51.2 Å². The third kappa shape index (κ3) is 6.92. The van der Waals surface area contributed by atoms with E-state index in [1.807, 2.05) is 24.3 Å². The van der Waals surface area contributed by atoms with Crippen molar-refractivity contribution in [1.29, 1.82) is 0 Å². The molecule has 0 spiro atoms. The molecule has 1 amide bonds. The number of benzene rings is 2. The molecule has 0 atom stereocenters. The Labute approximate surface area is 189 Å². The molecular formula is C24H30FN3O2S. The molecule has 1 aliphatic carbocycles. The van der Waals surface area contributed by atoms with Crippen LogP contribution < -0.4 is 15.4 Å². The van der Waals surface area contributed by atoms with E-state index < -0.39 is 0 Å². The second-order valence-electron chi connectivity index (χ2n) is 7.79. The maximum Gasteiger partial charge on any atom is 0.239 e. The number of nitrogens with zero attached hydrogens (tertiary/aromatic N) is 1. The maximum atomic E-state index is 13.3. The summed E-state index contributed by atoms with van der Waals surface area (Å²) in [4.78, 5) is 14.5. The summed E-state index contributed by atoms with van der Waals surface area (Å²) in [7, 11) is 1.61. The van der Waals surface area contributed by atoms with Gasteiger partial charge in [0.2, 0.25) is 5.91 Å². The second-order valence-corrected chi connectivity index (χ2v) is 8.18. The van der Waals surface area contributed by atoms with Gasteiger partial charge in [0, 0.05) is 24.7 Å². The minimum Gasteiger partial charge on any atom is -0.496 e. The Morgan fingerprint density at radius 3 is 2.52 bits per heavy atom. The van der Waals surface area contributed by atoms with E-state index >= 15 is 0 Å². The zero-order valence-electron chi connectivity index (χ0n) is 17.9. The molecule has 2 aromatic rings. The van der Waals surface area contributed by atoms with E-state index in [2.05, 4.69) is 15.5 Å². The van der Waals surface area contributed by atoms with Gasteiger partial charge in [-0.15, -0.1) is 0 Å². The van der Waals surface area contributed by atoms with Gasteiger partial charge in [0.05, 0.1) is 13.7 Å². The fourth-order valence-electron chi connectivity index (χ4n) is 3.91. The van der Waals surface area contributed by atoms with Crippen LogP contribution in [0.5, 0.6) is 5.75 Å². The molecule has 0 bridgehead atoms. The van der Waals surface area contributed by atoms with Crippen LogP contribution in [0.25, 0.3) is 0 Å². The highest BCUT2D eigenvalue weighted by molar-refractivity contribution is 7.80. The first kappa shape index (κ1) is 23.0. The van der Waals surface area contributed by atoms with Crippen LogP contribution in [0.1, 0.15) is 43.2 Å². The first-order valence-corrected chi connectivity index (χ1v) is 11.1. The normalized spacial score (nSPS) is 14.0. The van der Waals surface area contributed by atoms with Crippen LogP contribution >= 0.6 is 12.2 Å². The number of amides is 1. The van der Waals surface area contributed by atoms with E-state index in [4.69, 9.17) is 17.0 Å². The Bertz CT molecular complexity index is 869. The molecule has 0 aromatic heterocycles. The molecular weight excluding hydrogens is 413 g/mol. The lowest BCUT2D eigenvalue weighted by Gasteiger charge is -2.36. The fourth-order valence-corrected chi connectivity index (χ4v) is 4.19. The number of nitrogens with one attached hydrogen (secondary N) is 2. The van der Waals surface area contributed by atoms with Gasteiger partial charge in [-0.3, -0.25) is 4.79 Å². The van der Waals surface area contributed by atoms with Gasteiger partial charge in [-0.2, -0.15) is 0 Å². The standard InChI is InChI=1S/C24H30FN3O2S/c1-30-22-10-6-5-7-19(22)15-26-23(29)16-27-24(31)28(21-8-3-2-4-9-21)17-18-11-13-20(25)14-12-18/h5-7,10-14,21H,2-4,8-9,15-17H2,1H3,(H,26,29)(H,27,31). The lowest BCUT2D eigenvalue weighted by Crippen LogP contribution is -2.48. The van der Waals surface area contributed by atoms with E-state index in [9.17, 15) is 9.18 Å². The zero-order chi connectivity index (χ0) is 22.1. The van der Waals surface area contributed by atoms with Gasteiger partial charge < -0.3 is 20.3 Å². The van der Waals surface area contributed by atoms with Crippen molar-refractivity contribution in [1.82, 2.24) is 15.5 Å². The molecule has 5 nitrogen and oxygen atoms in total. The van der Waals surface area contributed by atoms with Crippen molar-refractivity contribution in [3.05, 3.63) is 65.5 Å². The first-order valence-electron chi connectivity index (χ1n) is 10.7. The number of para-hydroxylation sites is 1. The van der Waals surface area contributed by atoms with Crippen molar-refractivity contribution in [3.63, 3.8) is 0 Å². The van der Waals surface area contributed by atoms with Crippen LogP contribution in [0, 0.1) is 5.82 Å². The summed E-state index contributed by atoms with van der Waals surface area (Å²) in [5.74, 6) is 0.355. The summed E-state index contributed by atoms with van der Waals surface area (Å²) >= 11 is 5.66. The van der Waals surface area contributed by atoms with E-state index in [1.54, 1.807) is 19.2 Å². The van der Waals surface area contributed by atoms with Gasteiger partial charge in [-0.1, -0.05) is 49.6 Å². The highest BCUT2D eigenvalue weighted by atomic mass is 32.1. The Balaban J connectivity index is 1.56. The van der Waals surface area contributed by atoms with Crippen LogP contribution in [0.3, 0.4) is 0 Å². The van der Waals surface area contributed by atoms with Gasteiger partial charge in [-0.05, 0) is 48.8 Å². The lowest BCUT2D eigenvalue weighted by molar-refractivity contribution is -0.120. The van der Waals surface area contributed by atoms with Gasteiger partial charge >= 0.3 is 0 Å². The molecule has 1 aliphatic rings. The summed E-state index contributed by atoms with van der Waals surface area (Å²) in [6.45, 7) is 1.08. The van der Waals surface area contributed by atoms with Crippen molar-refractivity contribution in [3.8, 4) is 5.75 Å². The predicted octanol–water partition coefficient (Wildman–Crippen LogP) is 4.16. The largest absolute Gasteiger partial charge is 0.496 e. The highest BCUT2D eigenvalue weighted by Crippen LogP contribution is 2.24. The molecule has 3 rings (SSSR count). The molecule has 31 heavy (non-hydrogen) atoms. The molecule has 2 aromatic carbocycles. The first-order chi connectivity index (χ1) is 15.1. The van der Waals surface area contributed by atoms with Crippen molar-refractivity contribution < 1.29 is 13.9 Å². The Morgan fingerprint density at radius 1 is 1.10 bits per heavy atom. The summed E-state index contributed by atoms with van der Waals surface area (Å²) in [5.41, 5.74) is 1.91. The number of hydrogen-bond donors (Lipinski definition) is 2. The number of hydrogen-bond acceptors (Lipinski definition) is 3. The SMILES string of the molecule is COc1ccccc1CNC(=O)CNC(=S)N(Cc1ccc(F)cc1)C1CCCCC1. The molecule has 0 heterocycles. The summed E-state index contributed by atoms with van der Waals surface area (Å²) in [6.07, 6.45) is 5.73. The summed E-state index contributed by atoms with van der Waals surface area (Å²) in [6, 6.07) is 14.4. The smallest absolute Gasteiger partial charge is 0.239 e. The summed E-state index contributed by atoms with van der Waals surface area (Å²) < 4.78 is 18.6. The van der Waals surface area contributed by atoms with E-state index in [0.29, 0.717) is 24.2 Å². The predicted molar refractivity (Wildman–Crippen MR) is 124 cm³/mol. The highest BCUT2D eigenvalue weighted by Gasteiger charge is 2.23. The Morgan fingerprint density at radius 2 is 1.81 bits per heavy atom. The molecule has 0 aliphatic heterocycles. The monoisotopic (exact) mass is 443 g/mol. The second kappa shape index (κ2) is 11.6. The van der Waals surface area contributed by atoms with Gasteiger partial charge in [0.25, 0.3) is 0 Å². The number of carbonyl (C=O) groups is 1. The van der Waals surface area contributed by atoms with Crippen LogP contribution in [-0.4, -0.2) is 35.6 Å². The zero-order valence-corrected chi connectivity index (χ0v) is 18.7. The number of thiocarbonyl (C=S) groups is 1. The van der Waals surface area contributed by atoms with Crippen molar-refractivity contribution >= 4 is 23.2 Å². The number of halogens is 1. The van der Waals surface area contributed by atoms with Crippen LogP contribution in [0.15, 0.2) is 48.5 Å². The van der Waals surface area contributed by atoms with Crippen molar-refractivity contribution in [2.24, 2.45) is 0 Å². The molecule has 0 unspecified atom stereocenters. The molecule has 2 N–H and O–H groups in total. The molecule has 0 radical (unpaired) electrons. The molecule has 1 fully saturated rings. The molecule has 166 valence electrons. The van der Waals surface area contributed by atoms with E-state index in [0.717, 1.165) is 29.7 Å². The van der Waals surface area contributed by atoms with Crippen molar-refractivity contribution in [2.75, 3.05) is 13.7 Å². The number of ether oxygens (including phenoxy) is 1. The van der Waals surface area contributed by atoms with E-state index in [-0.39, 0.29) is 18.3 Å². The molecule has 0 saturated heterocycles. The molecule has 7 heteroatoms. The lowest BCUT2D eigenvalue weighted by atomic mass is 9.94. The number of methoxy groups -OCH3 is 1. The van der Waals surface area contributed by atoms with Gasteiger partial charge in [0.15, 0.2) is 5.11 Å². The Kier molecular flexibility index (Phi) is 8.64. The van der Waals surface area contributed by atoms with Crippen LogP contribution in [0.4, 0.5) is 4.39 Å². The maximum absolute atomic E-state index is 13.3. The van der Waals surface area contributed by atoms with Crippen LogP contribution in [-0.2, 0) is 17.9 Å². The average Bonchev–Trinajstić information content (AvgIpc) is 2.81. The average molecular weight is 444 g/mol.